The van der Waals surface area contributed by atoms with Crippen LogP contribution in [0.15, 0.2) is 12.2 Å². The third-order valence-electron chi connectivity index (χ3n) is 4.80. The van der Waals surface area contributed by atoms with Crippen molar-refractivity contribution < 1.29 is 0 Å². The molecule has 1 rings (SSSR count). The zero-order valence-electron chi connectivity index (χ0n) is 13.6. The van der Waals surface area contributed by atoms with Crippen molar-refractivity contribution in [2.45, 2.75) is 77.8 Å². The van der Waals surface area contributed by atoms with Crippen LogP contribution in [0.5, 0.6) is 0 Å². The summed E-state index contributed by atoms with van der Waals surface area (Å²) < 4.78 is 0. The molecule has 0 aromatic rings. The molecule has 0 bridgehead atoms. The van der Waals surface area contributed by atoms with Gasteiger partial charge in [-0.25, -0.2) is 0 Å². The summed E-state index contributed by atoms with van der Waals surface area (Å²) in [5, 5.41) is 3.82. The summed E-state index contributed by atoms with van der Waals surface area (Å²) in [6.45, 7) is 17.0. The smallest absolute Gasteiger partial charge is 0.0360 e. The Kier molecular flexibility index (Phi) is 7.09. The molecule has 2 heteroatoms. The highest BCUT2D eigenvalue weighted by atomic mass is 15.2. The molecule has 19 heavy (non-hydrogen) atoms. The van der Waals surface area contributed by atoms with E-state index in [1.165, 1.54) is 50.8 Å². The Morgan fingerprint density at radius 2 is 1.79 bits per heavy atom. The van der Waals surface area contributed by atoms with Gasteiger partial charge in [-0.1, -0.05) is 26.3 Å². The third kappa shape index (κ3) is 4.06. The molecule has 1 heterocycles. The first-order chi connectivity index (χ1) is 9.10. The molecule has 1 saturated heterocycles. The minimum Gasteiger partial charge on any atom is -0.312 e. The molecule has 0 aliphatic carbocycles. The highest BCUT2D eigenvalue weighted by molar-refractivity contribution is 5.06. The van der Waals surface area contributed by atoms with Gasteiger partial charge in [0.1, 0.15) is 0 Å². The standard InChI is InChI=1S/C17H34N2/c1-6-11-18-16(14-15(4)5)17(7-2,8-3)19-12-9-10-13-19/h16,18H,4,6-14H2,1-3,5H3. The molecule has 112 valence electrons. The zero-order valence-corrected chi connectivity index (χ0v) is 13.6. The molecule has 1 aliphatic heterocycles. The third-order valence-corrected chi connectivity index (χ3v) is 4.80. The molecule has 0 radical (unpaired) electrons. The van der Waals surface area contributed by atoms with Crippen molar-refractivity contribution in [1.29, 1.82) is 0 Å². The predicted molar refractivity (Wildman–Crippen MR) is 85.6 cm³/mol. The summed E-state index contributed by atoms with van der Waals surface area (Å²) in [6.07, 6.45) is 7.52. The van der Waals surface area contributed by atoms with Crippen molar-refractivity contribution >= 4 is 0 Å². The average Bonchev–Trinajstić information content (AvgIpc) is 2.91. The van der Waals surface area contributed by atoms with Crippen LogP contribution in [-0.2, 0) is 0 Å². The van der Waals surface area contributed by atoms with Gasteiger partial charge in [0.2, 0.25) is 0 Å². The minimum absolute atomic E-state index is 0.324. The van der Waals surface area contributed by atoms with Crippen LogP contribution in [0.3, 0.4) is 0 Å². The van der Waals surface area contributed by atoms with Gasteiger partial charge in [-0.15, -0.1) is 6.58 Å². The van der Waals surface area contributed by atoms with Crippen molar-refractivity contribution in [2.24, 2.45) is 0 Å². The number of rotatable bonds is 9. The van der Waals surface area contributed by atoms with Gasteiger partial charge >= 0.3 is 0 Å². The molecule has 0 amide bonds. The molecule has 1 atom stereocenters. The van der Waals surface area contributed by atoms with Crippen LogP contribution in [0.25, 0.3) is 0 Å². The van der Waals surface area contributed by atoms with E-state index in [-0.39, 0.29) is 0 Å². The predicted octanol–water partition coefficient (Wildman–Crippen LogP) is 3.98. The first kappa shape index (κ1) is 16.7. The van der Waals surface area contributed by atoms with Gasteiger partial charge in [-0.2, -0.15) is 0 Å². The molecule has 0 saturated carbocycles. The van der Waals surface area contributed by atoms with Gasteiger partial charge in [0.15, 0.2) is 0 Å². The fourth-order valence-electron chi connectivity index (χ4n) is 3.69. The molecule has 2 nitrogen and oxygen atoms in total. The second-order valence-electron chi connectivity index (χ2n) is 6.17. The number of nitrogens with zero attached hydrogens (tertiary/aromatic N) is 1. The summed E-state index contributed by atoms with van der Waals surface area (Å²) >= 11 is 0. The van der Waals surface area contributed by atoms with Gasteiger partial charge in [0.05, 0.1) is 0 Å². The topological polar surface area (TPSA) is 15.3 Å². The summed E-state index contributed by atoms with van der Waals surface area (Å²) in [4.78, 5) is 2.75. The number of nitrogens with one attached hydrogen (secondary N) is 1. The summed E-state index contributed by atoms with van der Waals surface area (Å²) in [5.41, 5.74) is 1.63. The maximum Gasteiger partial charge on any atom is 0.0360 e. The lowest BCUT2D eigenvalue weighted by molar-refractivity contribution is 0.0621. The van der Waals surface area contributed by atoms with E-state index in [4.69, 9.17) is 0 Å². The van der Waals surface area contributed by atoms with Crippen molar-refractivity contribution in [3.8, 4) is 0 Å². The Hall–Kier alpha value is -0.340. The second-order valence-corrected chi connectivity index (χ2v) is 6.17. The molecule has 0 aromatic heterocycles. The Morgan fingerprint density at radius 3 is 2.21 bits per heavy atom. The molecule has 0 spiro atoms. The fraction of sp³-hybridized carbons (Fsp3) is 0.882. The summed E-state index contributed by atoms with van der Waals surface area (Å²) in [5.74, 6) is 0. The van der Waals surface area contributed by atoms with Crippen LogP contribution >= 0.6 is 0 Å². The van der Waals surface area contributed by atoms with Crippen LogP contribution in [0.4, 0.5) is 0 Å². The lowest BCUT2D eigenvalue weighted by Gasteiger charge is -2.47. The van der Waals surface area contributed by atoms with Crippen LogP contribution in [0.1, 0.15) is 66.2 Å². The molecule has 1 aliphatic rings. The number of likely N-dealkylation sites (tertiary alicyclic amines) is 1. The Balaban J connectivity index is 2.90. The fourth-order valence-corrected chi connectivity index (χ4v) is 3.69. The van der Waals surface area contributed by atoms with Gasteiger partial charge in [0.25, 0.3) is 0 Å². The molecule has 0 aromatic carbocycles. The quantitative estimate of drug-likeness (QED) is 0.635. The first-order valence-electron chi connectivity index (χ1n) is 8.23. The Morgan fingerprint density at radius 1 is 1.21 bits per heavy atom. The van der Waals surface area contributed by atoms with Crippen LogP contribution < -0.4 is 5.32 Å². The SMILES string of the molecule is C=C(C)CC(NCCC)C(CC)(CC)N1CCCC1. The normalized spacial score (nSPS) is 18.7. The molecule has 1 N–H and O–H groups in total. The van der Waals surface area contributed by atoms with Gasteiger partial charge in [0, 0.05) is 11.6 Å². The van der Waals surface area contributed by atoms with E-state index in [2.05, 4.69) is 44.5 Å². The average molecular weight is 266 g/mol. The first-order valence-corrected chi connectivity index (χ1v) is 8.23. The van der Waals surface area contributed by atoms with Crippen molar-refractivity contribution in [1.82, 2.24) is 10.2 Å². The molecular weight excluding hydrogens is 232 g/mol. The van der Waals surface area contributed by atoms with E-state index < -0.39 is 0 Å². The Bertz CT molecular complexity index is 262. The largest absolute Gasteiger partial charge is 0.312 e. The van der Waals surface area contributed by atoms with E-state index in [1.807, 2.05) is 0 Å². The van der Waals surface area contributed by atoms with E-state index in [0.29, 0.717) is 11.6 Å². The van der Waals surface area contributed by atoms with Crippen molar-refractivity contribution in [3.63, 3.8) is 0 Å². The number of hydrogen-bond acceptors (Lipinski definition) is 2. The summed E-state index contributed by atoms with van der Waals surface area (Å²) in [7, 11) is 0. The van der Waals surface area contributed by atoms with Crippen molar-refractivity contribution in [2.75, 3.05) is 19.6 Å². The highest BCUT2D eigenvalue weighted by Crippen LogP contribution is 2.33. The second kappa shape index (κ2) is 8.06. The van der Waals surface area contributed by atoms with Gasteiger partial charge < -0.3 is 5.32 Å². The molecular formula is C17H34N2. The monoisotopic (exact) mass is 266 g/mol. The minimum atomic E-state index is 0.324. The van der Waals surface area contributed by atoms with Crippen LogP contribution in [0.2, 0.25) is 0 Å². The maximum atomic E-state index is 4.15. The van der Waals surface area contributed by atoms with Gasteiger partial charge in [-0.05, 0) is 65.1 Å². The zero-order chi connectivity index (χ0) is 14.3. The highest BCUT2D eigenvalue weighted by Gasteiger charge is 2.41. The lowest BCUT2D eigenvalue weighted by atomic mass is 9.80. The van der Waals surface area contributed by atoms with E-state index in [1.54, 1.807) is 0 Å². The van der Waals surface area contributed by atoms with E-state index in [9.17, 15) is 0 Å². The lowest BCUT2D eigenvalue weighted by Crippen LogP contribution is -2.60. The Labute approximate surface area is 120 Å². The van der Waals surface area contributed by atoms with Crippen molar-refractivity contribution in [3.05, 3.63) is 12.2 Å². The van der Waals surface area contributed by atoms with E-state index in [0.717, 1.165) is 13.0 Å². The molecule has 1 fully saturated rings. The summed E-state index contributed by atoms with van der Waals surface area (Å²) in [6, 6.07) is 0.554. The van der Waals surface area contributed by atoms with Crippen LogP contribution in [-0.4, -0.2) is 36.1 Å². The maximum absolute atomic E-state index is 4.15. The number of hydrogen-bond donors (Lipinski definition) is 1. The van der Waals surface area contributed by atoms with E-state index >= 15 is 0 Å². The van der Waals surface area contributed by atoms with Crippen LogP contribution in [0, 0.1) is 0 Å². The molecule has 1 unspecified atom stereocenters. The van der Waals surface area contributed by atoms with Gasteiger partial charge in [-0.3, -0.25) is 4.90 Å².